The quantitative estimate of drug-likeness (QED) is 0.875. The molecule has 0 radical (unpaired) electrons. The third-order valence-corrected chi connectivity index (χ3v) is 4.96. The third kappa shape index (κ3) is 3.97. The van der Waals surface area contributed by atoms with Gasteiger partial charge in [-0.15, -0.1) is 0 Å². The molecule has 2 aromatic rings. The van der Waals surface area contributed by atoms with E-state index >= 15 is 0 Å². The number of piperazine rings is 1. The summed E-state index contributed by atoms with van der Waals surface area (Å²) in [6.45, 7) is 6.27. The Kier molecular flexibility index (Phi) is 5.95. The molecule has 1 heterocycles. The van der Waals surface area contributed by atoms with Crippen LogP contribution in [0.3, 0.4) is 0 Å². The Morgan fingerprint density at radius 1 is 1.00 bits per heavy atom. The maximum absolute atomic E-state index is 5.70. The van der Waals surface area contributed by atoms with Crippen LogP contribution in [-0.2, 0) is 6.42 Å². The highest BCUT2D eigenvalue weighted by molar-refractivity contribution is 5.46. The van der Waals surface area contributed by atoms with Crippen molar-refractivity contribution in [3.8, 4) is 11.5 Å². The second kappa shape index (κ2) is 8.37. The van der Waals surface area contributed by atoms with Crippen molar-refractivity contribution in [3.05, 3.63) is 59.2 Å². The van der Waals surface area contributed by atoms with E-state index < -0.39 is 0 Å². The number of nitrogens with zero attached hydrogens (tertiary/aromatic N) is 1. The summed E-state index contributed by atoms with van der Waals surface area (Å²) in [4.78, 5) is 2.53. The van der Waals surface area contributed by atoms with Gasteiger partial charge in [0.05, 0.1) is 20.3 Å². The fourth-order valence-electron chi connectivity index (χ4n) is 3.51. The largest absolute Gasteiger partial charge is 0.497 e. The Labute approximate surface area is 150 Å². The standard InChI is InChI=1S/C21H28N2O2/c1-4-16-5-7-17(8-6-16)21(23-13-11-22-12-14-23)19-10-9-18(24-2)15-20(19)25-3/h5-10,15,21-22H,4,11-14H2,1-3H3. The molecule has 25 heavy (non-hydrogen) atoms. The van der Waals surface area contributed by atoms with E-state index in [1.807, 2.05) is 12.1 Å². The van der Waals surface area contributed by atoms with E-state index in [1.54, 1.807) is 14.2 Å². The lowest BCUT2D eigenvalue weighted by Crippen LogP contribution is -2.45. The maximum Gasteiger partial charge on any atom is 0.127 e. The molecule has 1 saturated heterocycles. The Morgan fingerprint density at radius 3 is 2.32 bits per heavy atom. The lowest BCUT2D eigenvalue weighted by atomic mass is 9.94. The summed E-state index contributed by atoms with van der Waals surface area (Å²) in [5.74, 6) is 1.70. The molecule has 0 aliphatic carbocycles. The molecule has 3 rings (SSSR count). The van der Waals surface area contributed by atoms with Crippen LogP contribution in [0.4, 0.5) is 0 Å². The first-order chi connectivity index (χ1) is 12.3. The van der Waals surface area contributed by atoms with Gasteiger partial charge in [-0.1, -0.05) is 31.2 Å². The van der Waals surface area contributed by atoms with E-state index in [4.69, 9.17) is 9.47 Å². The van der Waals surface area contributed by atoms with Gasteiger partial charge in [-0.2, -0.15) is 0 Å². The lowest BCUT2D eigenvalue weighted by Gasteiger charge is -2.36. The van der Waals surface area contributed by atoms with Crippen molar-refractivity contribution in [1.29, 1.82) is 0 Å². The summed E-state index contributed by atoms with van der Waals surface area (Å²) >= 11 is 0. The van der Waals surface area contributed by atoms with Gasteiger partial charge in [0.2, 0.25) is 0 Å². The van der Waals surface area contributed by atoms with Crippen LogP contribution in [0.15, 0.2) is 42.5 Å². The predicted octanol–water partition coefficient (Wildman–Crippen LogP) is 3.26. The van der Waals surface area contributed by atoms with E-state index in [0.717, 1.165) is 44.1 Å². The number of rotatable bonds is 6. The summed E-state index contributed by atoms with van der Waals surface area (Å²) < 4.78 is 11.1. The van der Waals surface area contributed by atoms with E-state index in [9.17, 15) is 0 Å². The summed E-state index contributed by atoms with van der Waals surface area (Å²) in [7, 11) is 3.42. The first-order valence-electron chi connectivity index (χ1n) is 9.02. The monoisotopic (exact) mass is 340 g/mol. The van der Waals surface area contributed by atoms with Gasteiger partial charge in [0.15, 0.2) is 0 Å². The van der Waals surface area contributed by atoms with Crippen LogP contribution in [0.5, 0.6) is 11.5 Å². The molecule has 134 valence electrons. The van der Waals surface area contributed by atoms with Gasteiger partial charge in [0.25, 0.3) is 0 Å². The highest BCUT2D eigenvalue weighted by Crippen LogP contribution is 2.37. The molecular formula is C21H28N2O2. The van der Waals surface area contributed by atoms with Crippen molar-refractivity contribution in [2.75, 3.05) is 40.4 Å². The van der Waals surface area contributed by atoms with Crippen molar-refractivity contribution < 1.29 is 9.47 Å². The predicted molar refractivity (Wildman–Crippen MR) is 102 cm³/mol. The zero-order chi connectivity index (χ0) is 17.6. The van der Waals surface area contributed by atoms with Crippen LogP contribution in [0.2, 0.25) is 0 Å². The average molecular weight is 340 g/mol. The first kappa shape index (κ1) is 17.8. The number of methoxy groups -OCH3 is 2. The molecule has 0 saturated carbocycles. The highest BCUT2D eigenvalue weighted by Gasteiger charge is 2.26. The van der Waals surface area contributed by atoms with Crippen molar-refractivity contribution >= 4 is 0 Å². The maximum atomic E-state index is 5.70. The zero-order valence-electron chi connectivity index (χ0n) is 15.4. The topological polar surface area (TPSA) is 33.7 Å². The van der Waals surface area contributed by atoms with E-state index in [0.29, 0.717) is 0 Å². The summed E-state index contributed by atoms with van der Waals surface area (Å²) in [5, 5.41) is 3.44. The summed E-state index contributed by atoms with van der Waals surface area (Å²) in [5.41, 5.74) is 3.86. The number of ether oxygens (including phenoxy) is 2. The molecule has 1 fully saturated rings. The van der Waals surface area contributed by atoms with Gasteiger partial charge < -0.3 is 14.8 Å². The second-order valence-electron chi connectivity index (χ2n) is 6.39. The Balaban J connectivity index is 2.03. The first-order valence-corrected chi connectivity index (χ1v) is 9.02. The highest BCUT2D eigenvalue weighted by atomic mass is 16.5. The third-order valence-electron chi connectivity index (χ3n) is 4.96. The Morgan fingerprint density at radius 2 is 1.72 bits per heavy atom. The van der Waals surface area contributed by atoms with Crippen LogP contribution in [0, 0.1) is 0 Å². The minimum atomic E-state index is 0.189. The molecule has 0 amide bonds. The minimum absolute atomic E-state index is 0.189. The molecule has 1 atom stereocenters. The molecular weight excluding hydrogens is 312 g/mol. The van der Waals surface area contributed by atoms with Crippen LogP contribution in [0.1, 0.15) is 29.7 Å². The molecule has 1 aliphatic rings. The fraction of sp³-hybridized carbons (Fsp3) is 0.429. The molecule has 0 bridgehead atoms. The van der Waals surface area contributed by atoms with Gasteiger partial charge in [-0.05, 0) is 29.7 Å². The Bertz CT molecular complexity index is 679. The molecule has 0 aromatic heterocycles. The van der Waals surface area contributed by atoms with Crippen LogP contribution < -0.4 is 14.8 Å². The lowest BCUT2D eigenvalue weighted by molar-refractivity contribution is 0.195. The number of nitrogens with one attached hydrogen (secondary N) is 1. The smallest absolute Gasteiger partial charge is 0.127 e. The van der Waals surface area contributed by atoms with Crippen LogP contribution in [-0.4, -0.2) is 45.3 Å². The van der Waals surface area contributed by atoms with Crippen molar-refractivity contribution in [3.63, 3.8) is 0 Å². The number of hydrogen-bond acceptors (Lipinski definition) is 4. The molecule has 0 spiro atoms. The van der Waals surface area contributed by atoms with Crippen LogP contribution in [0.25, 0.3) is 0 Å². The zero-order valence-corrected chi connectivity index (χ0v) is 15.4. The van der Waals surface area contributed by atoms with Gasteiger partial charge in [0.1, 0.15) is 11.5 Å². The van der Waals surface area contributed by atoms with Crippen molar-refractivity contribution in [2.45, 2.75) is 19.4 Å². The summed E-state index contributed by atoms with van der Waals surface area (Å²) in [6.07, 6.45) is 1.06. The minimum Gasteiger partial charge on any atom is -0.497 e. The molecule has 1 unspecified atom stereocenters. The summed E-state index contributed by atoms with van der Waals surface area (Å²) in [6, 6.07) is 15.3. The average Bonchev–Trinajstić information content (AvgIpc) is 2.69. The second-order valence-corrected chi connectivity index (χ2v) is 6.39. The van der Waals surface area contributed by atoms with E-state index in [-0.39, 0.29) is 6.04 Å². The van der Waals surface area contributed by atoms with Gasteiger partial charge in [-0.3, -0.25) is 4.90 Å². The van der Waals surface area contributed by atoms with Crippen molar-refractivity contribution in [2.24, 2.45) is 0 Å². The van der Waals surface area contributed by atoms with Gasteiger partial charge in [-0.25, -0.2) is 0 Å². The number of benzene rings is 2. The number of aryl methyl sites for hydroxylation is 1. The van der Waals surface area contributed by atoms with E-state index in [1.165, 1.54) is 16.7 Å². The SMILES string of the molecule is CCc1ccc(C(c2ccc(OC)cc2OC)N2CCNCC2)cc1. The molecule has 2 aromatic carbocycles. The van der Waals surface area contributed by atoms with Gasteiger partial charge in [0, 0.05) is 37.8 Å². The molecule has 1 aliphatic heterocycles. The Hall–Kier alpha value is -2.04. The van der Waals surface area contributed by atoms with E-state index in [2.05, 4.69) is 47.5 Å². The number of hydrogen-bond donors (Lipinski definition) is 1. The fourth-order valence-corrected chi connectivity index (χ4v) is 3.51. The molecule has 4 heteroatoms. The normalized spacial score (nSPS) is 16.4. The van der Waals surface area contributed by atoms with Crippen LogP contribution >= 0.6 is 0 Å². The molecule has 4 nitrogen and oxygen atoms in total. The van der Waals surface area contributed by atoms with Gasteiger partial charge >= 0.3 is 0 Å². The van der Waals surface area contributed by atoms with Crippen molar-refractivity contribution in [1.82, 2.24) is 10.2 Å². The molecule has 1 N–H and O–H groups in total.